The molecule has 7 heteroatoms. The molecule has 4 rings (SSSR count). The van der Waals surface area contributed by atoms with Crippen LogP contribution < -0.4 is 5.32 Å². The van der Waals surface area contributed by atoms with Crippen LogP contribution in [0.2, 0.25) is 0 Å². The first kappa shape index (κ1) is 14.0. The van der Waals surface area contributed by atoms with Gasteiger partial charge in [-0.25, -0.2) is 0 Å². The van der Waals surface area contributed by atoms with Crippen molar-refractivity contribution in [1.82, 2.24) is 14.9 Å². The number of aromatic nitrogens is 2. The molecule has 1 aliphatic heterocycles. The van der Waals surface area contributed by atoms with Crippen molar-refractivity contribution in [3.05, 3.63) is 41.9 Å². The molecule has 2 aromatic heterocycles. The first-order valence-electron chi connectivity index (χ1n) is 7.18. The average Bonchev–Trinajstić information content (AvgIpc) is 2.81. The number of alkyl halides is 3. The van der Waals surface area contributed by atoms with Gasteiger partial charge in [0.15, 0.2) is 0 Å². The number of hydrogen-bond acceptors (Lipinski definition) is 2. The Bertz CT molecular complexity index is 943. The van der Waals surface area contributed by atoms with Gasteiger partial charge in [-0.3, -0.25) is 9.78 Å². The Kier molecular flexibility index (Phi) is 2.88. The zero-order chi connectivity index (χ0) is 16.2. The maximum absolute atomic E-state index is 13.1. The number of pyridine rings is 1. The highest BCUT2D eigenvalue weighted by Gasteiger charge is 2.33. The topological polar surface area (TPSA) is 46.9 Å². The van der Waals surface area contributed by atoms with E-state index >= 15 is 0 Å². The van der Waals surface area contributed by atoms with Crippen molar-refractivity contribution in [2.45, 2.75) is 19.1 Å². The van der Waals surface area contributed by atoms with Gasteiger partial charge in [-0.1, -0.05) is 12.1 Å². The lowest BCUT2D eigenvalue weighted by Crippen LogP contribution is -2.33. The van der Waals surface area contributed by atoms with E-state index in [0.717, 1.165) is 5.39 Å². The van der Waals surface area contributed by atoms with Crippen molar-refractivity contribution < 1.29 is 18.0 Å². The van der Waals surface area contributed by atoms with E-state index in [9.17, 15) is 18.0 Å². The lowest BCUT2D eigenvalue weighted by atomic mass is 10.0. The molecule has 0 aliphatic carbocycles. The highest BCUT2D eigenvalue weighted by atomic mass is 19.4. The van der Waals surface area contributed by atoms with Gasteiger partial charge in [-0.05, 0) is 6.07 Å². The highest BCUT2D eigenvalue weighted by molar-refractivity contribution is 6.16. The monoisotopic (exact) mass is 319 g/mol. The third kappa shape index (κ3) is 2.15. The van der Waals surface area contributed by atoms with Crippen LogP contribution in [0.5, 0.6) is 0 Å². The zero-order valence-corrected chi connectivity index (χ0v) is 11.9. The molecule has 3 heterocycles. The van der Waals surface area contributed by atoms with Gasteiger partial charge in [-0.15, -0.1) is 0 Å². The number of fused-ring (bicyclic) bond motifs is 5. The van der Waals surface area contributed by atoms with E-state index in [4.69, 9.17) is 0 Å². The number of rotatable bonds is 1. The summed E-state index contributed by atoms with van der Waals surface area (Å²) in [6, 6.07) is 5.18. The maximum Gasteiger partial charge on any atom is 0.406 e. The van der Waals surface area contributed by atoms with Crippen LogP contribution >= 0.6 is 0 Å². The summed E-state index contributed by atoms with van der Waals surface area (Å²) in [5.74, 6) is -0.314. The molecular formula is C16H12F3N3O. The number of amides is 1. The number of hydrogen-bond donors (Lipinski definition) is 1. The van der Waals surface area contributed by atoms with Crippen molar-refractivity contribution in [3.8, 4) is 0 Å². The van der Waals surface area contributed by atoms with Crippen LogP contribution in [0.3, 0.4) is 0 Å². The first-order valence-corrected chi connectivity index (χ1v) is 7.18. The molecule has 1 aromatic carbocycles. The fraction of sp³-hybridized carbons (Fsp3) is 0.250. The third-order valence-electron chi connectivity index (χ3n) is 4.16. The van der Waals surface area contributed by atoms with Gasteiger partial charge in [0.25, 0.3) is 5.91 Å². The van der Waals surface area contributed by atoms with E-state index in [1.54, 1.807) is 30.6 Å². The number of carbonyl (C=O) groups excluding carboxylic acids is 1. The van der Waals surface area contributed by atoms with Gasteiger partial charge in [0.1, 0.15) is 6.54 Å². The molecule has 0 unspecified atom stereocenters. The van der Waals surface area contributed by atoms with E-state index in [-0.39, 0.29) is 5.91 Å². The molecule has 3 aromatic rings. The number of carbonyl (C=O) groups is 1. The largest absolute Gasteiger partial charge is 0.406 e. The van der Waals surface area contributed by atoms with Gasteiger partial charge in [0, 0.05) is 47.2 Å². The quantitative estimate of drug-likeness (QED) is 0.749. The van der Waals surface area contributed by atoms with E-state index in [0.29, 0.717) is 40.5 Å². The summed E-state index contributed by atoms with van der Waals surface area (Å²) in [4.78, 5) is 16.2. The third-order valence-corrected chi connectivity index (χ3v) is 4.16. The SMILES string of the molecule is O=C1NCCc2c1c1ccc3cnccc3c1n2CC(F)(F)F. The Morgan fingerprint density at radius 1 is 1.22 bits per heavy atom. The Hall–Kier alpha value is -2.57. The minimum atomic E-state index is -4.36. The van der Waals surface area contributed by atoms with Crippen molar-refractivity contribution in [3.63, 3.8) is 0 Å². The number of nitrogens with one attached hydrogen (secondary N) is 1. The van der Waals surface area contributed by atoms with Gasteiger partial charge < -0.3 is 9.88 Å². The summed E-state index contributed by atoms with van der Waals surface area (Å²) in [6.07, 6.45) is -0.814. The molecule has 1 N–H and O–H groups in total. The summed E-state index contributed by atoms with van der Waals surface area (Å²) >= 11 is 0. The van der Waals surface area contributed by atoms with E-state index in [1.165, 1.54) is 4.57 Å². The fourth-order valence-corrected chi connectivity index (χ4v) is 3.32. The van der Waals surface area contributed by atoms with Crippen molar-refractivity contribution in [1.29, 1.82) is 0 Å². The molecule has 4 nitrogen and oxygen atoms in total. The lowest BCUT2D eigenvalue weighted by Gasteiger charge is -2.17. The van der Waals surface area contributed by atoms with E-state index < -0.39 is 12.7 Å². The van der Waals surface area contributed by atoms with Gasteiger partial charge >= 0.3 is 6.18 Å². The lowest BCUT2D eigenvalue weighted by molar-refractivity contribution is -0.140. The molecule has 0 atom stereocenters. The van der Waals surface area contributed by atoms with Crippen LogP contribution in [0.15, 0.2) is 30.6 Å². The first-order chi connectivity index (χ1) is 11.0. The molecule has 1 aliphatic rings. The van der Waals surface area contributed by atoms with E-state index in [1.807, 2.05) is 0 Å². The second-order valence-corrected chi connectivity index (χ2v) is 5.59. The average molecular weight is 319 g/mol. The van der Waals surface area contributed by atoms with Crippen molar-refractivity contribution >= 4 is 27.6 Å². The summed E-state index contributed by atoms with van der Waals surface area (Å²) < 4.78 is 40.5. The Labute approximate surface area is 128 Å². The molecule has 23 heavy (non-hydrogen) atoms. The number of nitrogens with zero attached hydrogens (tertiary/aromatic N) is 2. The van der Waals surface area contributed by atoms with Crippen LogP contribution in [0.25, 0.3) is 21.7 Å². The summed E-state index contributed by atoms with van der Waals surface area (Å²) in [6.45, 7) is -0.757. The molecular weight excluding hydrogens is 307 g/mol. The van der Waals surface area contributed by atoms with Gasteiger partial charge in [0.2, 0.25) is 0 Å². The van der Waals surface area contributed by atoms with Crippen molar-refractivity contribution in [2.75, 3.05) is 6.54 Å². The van der Waals surface area contributed by atoms with Crippen LogP contribution in [0, 0.1) is 0 Å². The summed E-state index contributed by atoms with van der Waals surface area (Å²) in [7, 11) is 0. The van der Waals surface area contributed by atoms with Crippen LogP contribution in [-0.4, -0.2) is 28.2 Å². The summed E-state index contributed by atoms with van der Waals surface area (Å²) in [5, 5.41) is 4.68. The predicted octanol–water partition coefficient (Wildman–Crippen LogP) is 3.04. The Balaban J connectivity index is 2.15. The van der Waals surface area contributed by atoms with E-state index in [2.05, 4.69) is 10.3 Å². The molecule has 0 radical (unpaired) electrons. The normalized spacial score (nSPS) is 15.0. The predicted molar refractivity (Wildman–Crippen MR) is 79.3 cm³/mol. The Morgan fingerprint density at radius 3 is 2.83 bits per heavy atom. The highest BCUT2D eigenvalue weighted by Crippen LogP contribution is 2.35. The minimum absolute atomic E-state index is 0.314. The van der Waals surface area contributed by atoms with Crippen molar-refractivity contribution in [2.24, 2.45) is 0 Å². The molecule has 0 bridgehead atoms. The second kappa shape index (κ2) is 4.71. The fourth-order valence-electron chi connectivity index (χ4n) is 3.32. The minimum Gasteiger partial charge on any atom is -0.352 e. The molecule has 0 spiro atoms. The standard InChI is InChI=1S/C16H12F3N3O/c17-16(18,19)8-22-12-4-6-21-15(23)13(12)11-2-1-9-7-20-5-3-10(9)14(11)22/h1-3,5,7H,4,6,8H2,(H,21,23). The molecule has 0 fully saturated rings. The molecule has 118 valence electrons. The number of halogens is 3. The van der Waals surface area contributed by atoms with Crippen LogP contribution in [-0.2, 0) is 13.0 Å². The maximum atomic E-state index is 13.1. The zero-order valence-electron chi connectivity index (χ0n) is 11.9. The molecule has 0 saturated carbocycles. The van der Waals surface area contributed by atoms with Crippen LogP contribution in [0.1, 0.15) is 16.1 Å². The Morgan fingerprint density at radius 2 is 2.04 bits per heavy atom. The van der Waals surface area contributed by atoms with Gasteiger partial charge in [-0.2, -0.15) is 13.2 Å². The molecule has 0 saturated heterocycles. The smallest absolute Gasteiger partial charge is 0.352 e. The van der Waals surface area contributed by atoms with Gasteiger partial charge in [0.05, 0.1) is 11.1 Å². The summed E-state index contributed by atoms with van der Waals surface area (Å²) in [5.41, 5.74) is 1.25. The second-order valence-electron chi connectivity index (χ2n) is 5.59. The number of benzene rings is 1. The molecule has 1 amide bonds. The van der Waals surface area contributed by atoms with Crippen LogP contribution in [0.4, 0.5) is 13.2 Å².